The molecule has 5 nitrogen and oxygen atoms in total. The number of alkyl halides is 3. The molecule has 9 heteroatoms. The van der Waals surface area contributed by atoms with E-state index in [9.17, 15) is 22.4 Å². The summed E-state index contributed by atoms with van der Waals surface area (Å²) in [4.78, 5) is 12.1. The molecule has 0 aromatic heterocycles. The van der Waals surface area contributed by atoms with Crippen LogP contribution < -0.4 is 20.1 Å². The Morgan fingerprint density at radius 1 is 1.21 bits per heavy atom. The molecule has 29 heavy (non-hydrogen) atoms. The smallest absolute Gasteiger partial charge is 0.391 e. The molecule has 1 heterocycles. The molecular weight excluding hydrogens is 392 g/mol. The van der Waals surface area contributed by atoms with Gasteiger partial charge in [0.05, 0.1) is 25.2 Å². The van der Waals surface area contributed by atoms with E-state index in [2.05, 4.69) is 10.6 Å². The number of methoxy groups -OCH3 is 1. The third-order valence-electron chi connectivity index (χ3n) is 5.55. The first kappa shape index (κ1) is 21.7. The summed E-state index contributed by atoms with van der Waals surface area (Å²) in [5.74, 6) is -2.11. The van der Waals surface area contributed by atoms with Crippen LogP contribution in [0, 0.1) is 11.7 Å². The zero-order chi connectivity index (χ0) is 21.0. The zero-order valence-corrected chi connectivity index (χ0v) is 16.3. The highest BCUT2D eigenvalue weighted by molar-refractivity contribution is 5.82. The van der Waals surface area contributed by atoms with Crippen LogP contribution in [0.25, 0.3) is 0 Å². The van der Waals surface area contributed by atoms with Crippen molar-refractivity contribution >= 4 is 5.91 Å². The number of rotatable bonds is 6. The molecule has 1 aromatic rings. The SMILES string of the molecule is COc1cc(OC2CCCC(C(F)(F)F)C2)c(F)cc1CNC(=O)[C@@H]1CCCN1. The molecule has 1 saturated carbocycles. The quantitative estimate of drug-likeness (QED) is 0.692. The van der Waals surface area contributed by atoms with Gasteiger partial charge < -0.3 is 20.1 Å². The maximum absolute atomic E-state index is 14.6. The number of carbonyl (C=O) groups excluding carboxylic acids is 1. The lowest BCUT2D eigenvalue weighted by Gasteiger charge is -2.31. The topological polar surface area (TPSA) is 59.6 Å². The van der Waals surface area contributed by atoms with E-state index in [1.165, 1.54) is 19.2 Å². The Morgan fingerprint density at radius 2 is 2.00 bits per heavy atom. The summed E-state index contributed by atoms with van der Waals surface area (Å²) in [6, 6.07) is 2.28. The largest absolute Gasteiger partial charge is 0.496 e. The second-order valence-corrected chi connectivity index (χ2v) is 7.61. The van der Waals surface area contributed by atoms with Crippen molar-refractivity contribution in [3.05, 3.63) is 23.5 Å². The van der Waals surface area contributed by atoms with Crippen LogP contribution in [0.5, 0.6) is 11.5 Å². The molecule has 0 bridgehead atoms. The Morgan fingerprint density at radius 3 is 2.66 bits per heavy atom. The van der Waals surface area contributed by atoms with Gasteiger partial charge in [0.2, 0.25) is 5.91 Å². The molecule has 1 amide bonds. The summed E-state index contributed by atoms with van der Waals surface area (Å²) < 4.78 is 64.3. The molecule has 2 unspecified atom stereocenters. The number of nitrogens with one attached hydrogen (secondary N) is 2. The predicted octanol–water partition coefficient (Wildman–Crippen LogP) is 3.70. The second-order valence-electron chi connectivity index (χ2n) is 7.61. The summed E-state index contributed by atoms with van der Waals surface area (Å²) in [5, 5.41) is 5.84. The highest BCUT2D eigenvalue weighted by Crippen LogP contribution is 2.39. The van der Waals surface area contributed by atoms with Crippen LogP contribution in [0.3, 0.4) is 0 Å². The van der Waals surface area contributed by atoms with E-state index in [4.69, 9.17) is 9.47 Å². The van der Waals surface area contributed by atoms with Gasteiger partial charge in [-0.15, -0.1) is 0 Å². The van der Waals surface area contributed by atoms with E-state index < -0.39 is 24.0 Å². The molecule has 0 radical (unpaired) electrons. The summed E-state index contributed by atoms with van der Waals surface area (Å²) >= 11 is 0. The molecule has 0 spiro atoms. The van der Waals surface area contributed by atoms with Crippen LogP contribution in [0.4, 0.5) is 17.6 Å². The van der Waals surface area contributed by atoms with E-state index in [1.807, 2.05) is 0 Å². The predicted molar refractivity (Wildman–Crippen MR) is 98.3 cm³/mol. The van der Waals surface area contributed by atoms with E-state index in [1.54, 1.807) is 0 Å². The van der Waals surface area contributed by atoms with Gasteiger partial charge in [-0.05, 0) is 51.1 Å². The third-order valence-corrected chi connectivity index (χ3v) is 5.55. The summed E-state index contributed by atoms with van der Waals surface area (Å²) in [6.45, 7) is 0.870. The Bertz CT molecular complexity index is 720. The lowest BCUT2D eigenvalue weighted by Crippen LogP contribution is -2.40. The van der Waals surface area contributed by atoms with E-state index in [-0.39, 0.29) is 37.1 Å². The number of benzene rings is 1. The van der Waals surface area contributed by atoms with Crippen LogP contribution in [0.1, 0.15) is 44.1 Å². The fourth-order valence-corrected chi connectivity index (χ4v) is 3.94. The highest BCUT2D eigenvalue weighted by atomic mass is 19.4. The summed E-state index contributed by atoms with van der Waals surface area (Å²) in [7, 11) is 1.40. The minimum Gasteiger partial charge on any atom is -0.496 e. The van der Waals surface area contributed by atoms with Crippen LogP contribution in [0.15, 0.2) is 12.1 Å². The first-order valence-electron chi connectivity index (χ1n) is 9.88. The van der Waals surface area contributed by atoms with Gasteiger partial charge in [0.1, 0.15) is 5.75 Å². The molecule has 3 rings (SSSR count). The van der Waals surface area contributed by atoms with E-state index in [0.29, 0.717) is 24.2 Å². The van der Waals surface area contributed by atoms with Crippen molar-refractivity contribution in [2.45, 2.75) is 63.4 Å². The van der Waals surface area contributed by atoms with Crippen molar-refractivity contribution in [1.82, 2.24) is 10.6 Å². The van der Waals surface area contributed by atoms with Crippen molar-refractivity contribution in [1.29, 1.82) is 0 Å². The number of carbonyl (C=O) groups is 1. The van der Waals surface area contributed by atoms with Gasteiger partial charge in [-0.1, -0.05) is 0 Å². The van der Waals surface area contributed by atoms with Crippen LogP contribution in [-0.2, 0) is 11.3 Å². The molecular formula is C20H26F4N2O3. The van der Waals surface area contributed by atoms with Gasteiger partial charge in [0.15, 0.2) is 11.6 Å². The summed E-state index contributed by atoms with van der Waals surface area (Å²) in [6.07, 6.45) is -2.57. The first-order valence-corrected chi connectivity index (χ1v) is 9.88. The zero-order valence-electron chi connectivity index (χ0n) is 16.3. The normalized spacial score (nSPS) is 24.9. The Kier molecular flexibility index (Phi) is 6.87. The van der Waals surface area contributed by atoms with Crippen LogP contribution >= 0.6 is 0 Å². The number of halogens is 4. The monoisotopic (exact) mass is 418 g/mol. The average molecular weight is 418 g/mol. The van der Waals surface area contributed by atoms with Gasteiger partial charge in [-0.25, -0.2) is 4.39 Å². The molecule has 2 fully saturated rings. The Balaban J connectivity index is 1.65. The van der Waals surface area contributed by atoms with Gasteiger partial charge >= 0.3 is 6.18 Å². The second kappa shape index (κ2) is 9.19. The first-order chi connectivity index (χ1) is 13.8. The molecule has 1 aliphatic carbocycles. The lowest BCUT2D eigenvalue weighted by molar-refractivity contribution is -0.188. The average Bonchev–Trinajstić information content (AvgIpc) is 3.22. The minimum absolute atomic E-state index is 0.0731. The number of amides is 1. The maximum atomic E-state index is 14.6. The molecule has 2 aliphatic rings. The van der Waals surface area contributed by atoms with Crippen LogP contribution in [0.2, 0.25) is 0 Å². The van der Waals surface area contributed by atoms with Crippen molar-refractivity contribution in [2.75, 3.05) is 13.7 Å². The molecule has 1 aromatic carbocycles. The molecule has 162 valence electrons. The summed E-state index contributed by atoms with van der Waals surface area (Å²) in [5.41, 5.74) is 0.431. The van der Waals surface area contributed by atoms with Gasteiger partial charge in [0.25, 0.3) is 0 Å². The van der Waals surface area contributed by atoms with Crippen molar-refractivity contribution in [3.63, 3.8) is 0 Å². The molecule has 3 atom stereocenters. The molecule has 2 N–H and O–H groups in total. The fraction of sp³-hybridized carbons (Fsp3) is 0.650. The molecule has 1 saturated heterocycles. The van der Waals surface area contributed by atoms with Gasteiger partial charge in [0, 0.05) is 18.2 Å². The minimum atomic E-state index is -4.27. The van der Waals surface area contributed by atoms with Crippen molar-refractivity contribution in [2.24, 2.45) is 5.92 Å². The lowest BCUT2D eigenvalue weighted by atomic mass is 9.86. The standard InChI is InChI=1S/C20H26F4N2O3/c1-28-17-10-18(29-14-5-2-4-13(9-14)20(22,23)24)15(21)8-12(17)11-26-19(27)16-6-3-7-25-16/h8,10,13-14,16,25H,2-7,9,11H2,1H3,(H,26,27)/t13?,14?,16-/m0/s1. The van der Waals surface area contributed by atoms with Crippen molar-refractivity contribution in [3.8, 4) is 11.5 Å². The highest BCUT2D eigenvalue weighted by Gasteiger charge is 2.42. The number of ether oxygens (including phenoxy) is 2. The maximum Gasteiger partial charge on any atom is 0.391 e. The molecule has 1 aliphatic heterocycles. The number of hydrogen-bond donors (Lipinski definition) is 2. The van der Waals surface area contributed by atoms with Gasteiger partial charge in [-0.3, -0.25) is 4.79 Å². The van der Waals surface area contributed by atoms with E-state index >= 15 is 0 Å². The van der Waals surface area contributed by atoms with Crippen molar-refractivity contribution < 1.29 is 31.8 Å². The Labute approximate surface area is 167 Å². The van der Waals surface area contributed by atoms with Gasteiger partial charge in [-0.2, -0.15) is 13.2 Å². The Hall–Kier alpha value is -2.03. The third kappa shape index (κ3) is 5.52. The fourth-order valence-electron chi connectivity index (χ4n) is 3.94. The van der Waals surface area contributed by atoms with Crippen LogP contribution in [-0.4, -0.2) is 37.9 Å². The van der Waals surface area contributed by atoms with E-state index in [0.717, 1.165) is 19.4 Å². The number of hydrogen-bond acceptors (Lipinski definition) is 4.